The van der Waals surface area contributed by atoms with E-state index in [9.17, 15) is 9.50 Å². The van der Waals surface area contributed by atoms with Crippen LogP contribution in [0.15, 0.2) is 42.6 Å². The molecule has 3 N–H and O–H groups in total. The summed E-state index contributed by atoms with van der Waals surface area (Å²) in [4.78, 5) is 0. The smallest absolute Gasteiger partial charge is 0.123 e. The molecule has 33 heavy (non-hydrogen) atoms. The number of hydrogen-bond acceptors (Lipinski definition) is 3. The van der Waals surface area contributed by atoms with Crippen LogP contribution in [0.5, 0.6) is 0 Å². The highest BCUT2D eigenvalue weighted by Gasteiger charge is 2.56. The largest absolute Gasteiger partial charge is 0.396 e. The standard InChI is InChI=1S/C28H38FN3O/c1-18-4-9-24-23(14-30)25(10-11-27(18,24)2)28(3)13-20-15-31-32(26(20)12-21(28)17-33)16-19-5-7-22(29)8-6-19/h5-8,15,21,23-25,33H,1,4,9-14,16-17,30H2,2-3H3/t21-,23+,24+,25+,27-,28+/m1/s1. The molecule has 0 saturated heterocycles. The quantitative estimate of drug-likeness (QED) is 0.646. The Morgan fingerprint density at radius 1 is 1.21 bits per heavy atom. The van der Waals surface area contributed by atoms with Crippen molar-refractivity contribution in [2.75, 3.05) is 13.2 Å². The van der Waals surface area contributed by atoms with Crippen LogP contribution >= 0.6 is 0 Å². The summed E-state index contributed by atoms with van der Waals surface area (Å²) in [5, 5.41) is 15.3. The molecule has 0 amide bonds. The molecule has 2 aromatic rings. The zero-order valence-corrected chi connectivity index (χ0v) is 20.1. The second-order valence-corrected chi connectivity index (χ2v) is 11.4. The predicted molar refractivity (Wildman–Crippen MR) is 129 cm³/mol. The molecule has 1 heterocycles. The molecule has 0 aliphatic heterocycles. The van der Waals surface area contributed by atoms with Crippen LogP contribution in [0.25, 0.3) is 0 Å². The Balaban J connectivity index is 1.43. The fraction of sp³-hybridized carbons (Fsp3) is 0.607. The average molecular weight is 452 g/mol. The van der Waals surface area contributed by atoms with Gasteiger partial charge < -0.3 is 10.8 Å². The monoisotopic (exact) mass is 451 g/mol. The van der Waals surface area contributed by atoms with E-state index in [1.54, 1.807) is 0 Å². The lowest BCUT2D eigenvalue weighted by Gasteiger charge is -2.55. The molecule has 5 rings (SSSR count). The van der Waals surface area contributed by atoms with Crippen LogP contribution in [-0.2, 0) is 19.4 Å². The van der Waals surface area contributed by atoms with Crippen LogP contribution in [-0.4, -0.2) is 28.0 Å². The Labute approximate surface area is 197 Å². The van der Waals surface area contributed by atoms with Gasteiger partial charge in [-0.15, -0.1) is 0 Å². The second kappa shape index (κ2) is 8.35. The van der Waals surface area contributed by atoms with Gasteiger partial charge in [0.05, 0.1) is 12.7 Å². The van der Waals surface area contributed by atoms with Crippen molar-refractivity contribution in [3.8, 4) is 0 Å². The van der Waals surface area contributed by atoms with E-state index in [0.29, 0.717) is 30.8 Å². The summed E-state index contributed by atoms with van der Waals surface area (Å²) in [5.41, 5.74) is 11.7. The van der Waals surface area contributed by atoms with Crippen LogP contribution < -0.4 is 5.73 Å². The molecule has 0 bridgehead atoms. The van der Waals surface area contributed by atoms with Crippen LogP contribution in [0.1, 0.15) is 56.4 Å². The molecular formula is C28H38FN3O. The van der Waals surface area contributed by atoms with Gasteiger partial charge in [-0.25, -0.2) is 4.39 Å². The van der Waals surface area contributed by atoms with Gasteiger partial charge in [-0.2, -0.15) is 5.10 Å². The van der Waals surface area contributed by atoms with Crippen molar-refractivity contribution in [2.24, 2.45) is 40.2 Å². The van der Waals surface area contributed by atoms with Crippen LogP contribution in [0.4, 0.5) is 4.39 Å². The summed E-state index contributed by atoms with van der Waals surface area (Å²) in [7, 11) is 0. The van der Waals surface area contributed by atoms with Crippen molar-refractivity contribution < 1.29 is 9.50 Å². The van der Waals surface area contributed by atoms with E-state index >= 15 is 0 Å². The first kappa shape index (κ1) is 22.8. The van der Waals surface area contributed by atoms with E-state index in [0.717, 1.165) is 31.2 Å². The number of hydrogen-bond donors (Lipinski definition) is 2. The molecule has 178 valence electrons. The average Bonchev–Trinajstić information content (AvgIpc) is 3.33. The molecule has 2 saturated carbocycles. The first-order valence-electron chi connectivity index (χ1n) is 12.6. The minimum absolute atomic E-state index is 0.000773. The minimum atomic E-state index is -0.221. The molecule has 1 aromatic heterocycles. The number of rotatable bonds is 5. The molecule has 0 radical (unpaired) electrons. The molecule has 2 fully saturated rings. The second-order valence-electron chi connectivity index (χ2n) is 11.4. The van der Waals surface area contributed by atoms with Crippen LogP contribution in [0.3, 0.4) is 0 Å². The fourth-order valence-corrected chi connectivity index (χ4v) is 7.80. The Morgan fingerprint density at radius 2 is 1.97 bits per heavy atom. The zero-order valence-electron chi connectivity index (χ0n) is 20.1. The van der Waals surface area contributed by atoms with Gasteiger partial charge in [0.1, 0.15) is 5.82 Å². The summed E-state index contributed by atoms with van der Waals surface area (Å²) in [6, 6.07) is 6.64. The van der Waals surface area contributed by atoms with Gasteiger partial charge >= 0.3 is 0 Å². The first-order valence-corrected chi connectivity index (χ1v) is 12.6. The van der Waals surface area contributed by atoms with Crippen molar-refractivity contribution in [2.45, 2.75) is 58.9 Å². The van der Waals surface area contributed by atoms with Gasteiger partial charge in [0.15, 0.2) is 0 Å². The number of aliphatic hydroxyl groups excluding tert-OH is 1. The third-order valence-corrected chi connectivity index (χ3v) is 9.96. The molecule has 3 aliphatic rings. The Kier molecular flexibility index (Phi) is 5.77. The molecule has 5 heteroatoms. The number of aromatic nitrogens is 2. The maximum absolute atomic E-state index is 13.3. The van der Waals surface area contributed by atoms with Crippen LogP contribution in [0, 0.1) is 40.3 Å². The van der Waals surface area contributed by atoms with E-state index in [1.807, 2.05) is 23.0 Å². The topological polar surface area (TPSA) is 64.1 Å². The number of nitrogens with two attached hydrogens (primary N) is 1. The van der Waals surface area contributed by atoms with Crippen molar-refractivity contribution >= 4 is 0 Å². The van der Waals surface area contributed by atoms with Gasteiger partial charge in [0.25, 0.3) is 0 Å². The molecular weight excluding hydrogens is 413 g/mol. The van der Waals surface area contributed by atoms with Crippen molar-refractivity contribution in [3.63, 3.8) is 0 Å². The third kappa shape index (κ3) is 3.59. The van der Waals surface area contributed by atoms with E-state index in [-0.39, 0.29) is 29.2 Å². The van der Waals surface area contributed by atoms with Gasteiger partial charge in [-0.1, -0.05) is 38.1 Å². The normalized spacial score (nSPS) is 36.0. The van der Waals surface area contributed by atoms with E-state index in [2.05, 4.69) is 20.4 Å². The summed E-state index contributed by atoms with van der Waals surface area (Å²) < 4.78 is 15.4. The minimum Gasteiger partial charge on any atom is -0.396 e. The molecule has 3 aliphatic carbocycles. The highest BCUT2D eigenvalue weighted by molar-refractivity contribution is 5.28. The van der Waals surface area contributed by atoms with E-state index < -0.39 is 0 Å². The summed E-state index contributed by atoms with van der Waals surface area (Å²) in [5.74, 6) is 1.53. The summed E-state index contributed by atoms with van der Waals surface area (Å²) >= 11 is 0. The van der Waals surface area contributed by atoms with Crippen molar-refractivity contribution in [1.82, 2.24) is 9.78 Å². The lowest BCUT2D eigenvalue weighted by atomic mass is 9.49. The number of halogens is 1. The molecule has 0 unspecified atom stereocenters. The zero-order chi connectivity index (χ0) is 23.4. The predicted octanol–water partition coefficient (Wildman–Crippen LogP) is 4.74. The van der Waals surface area contributed by atoms with E-state index in [1.165, 1.54) is 41.8 Å². The van der Waals surface area contributed by atoms with Gasteiger partial charge in [-0.3, -0.25) is 4.68 Å². The Bertz CT molecular complexity index is 1030. The van der Waals surface area contributed by atoms with Gasteiger partial charge in [0, 0.05) is 12.3 Å². The maximum Gasteiger partial charge on any atom is 0.123 e. The highest BCUT2D eigenvalue weighted by Crippen LogP contribution is 2.62. The summed E-state index contributed by atoms with van der Waals surface area (Å²) in [6.45, 7) is 10.8. The van der Waals surface area contributed by atoms with Crippen LogP contribution in [0.2, 0.25) is 0 Å². The van der Waals surface area contributed by atoms with Crippen molar-refractivity contribution in [3.05, 3.63) is 65.3 Å². The third-order valence-electron chi connectivity index (χ3n) is 9.96. The lowest BCUT2D eigenvalue weighted by Crippen LogP contribution is -2.53. The van der Waals surface area contributed by atoms with E-state index in [4.69, 9.17) is 10.8 Å². The number of nitrogens with zero attached hydrogens (tertiary/aromatic N) is 2. The fourth-order valence-electron chi connectivity index (χ4n) is 7.80. The van der Waals surface area contributed by atoms with Gasteiger partial charge in [-0.05, 0) is 103 Å². The highest BCUT2D eigenvalue weighted by atomic mass is 19.1. The SMILES string of the molecule is C=C1CC[C@H]2[C@H](CN)[C@@H]([C@@]3(C)Cc4cnn(Cc5ccc(F)cc5)c4C[C@@H]3CO)CC[C@]12C. The first-order chi connectivity index (χ1) is 15.8. The molecule has 0 spiro atoms. The number of benzene rings is 1. The van der Waals surface area contributed by atoms with Crippen molar-refractivity contribution in [1.29, 1.82) is 0 Å². The Morgan fingerprint density at radius 3 is 2.67 bits per heavy atom. The number of fused-ring (bicyclic) bond motifs is 2. The number of aliphatic hydroxyl groups is 1. The molecule has 4 nitrogen and oxygen atoms in total. The van der Waals surface area contributed by atoms with Gasteiger partial charge in [0.2, 0.25) is 0 Å². The molecule has 1 aromatic carbocycles. The molecule has 6 atom stereocenters. The maximum atomic E-state index is 13.3. The summed E-state index contributed by atoms with van der Waals surface area (Å²) in [6.07, 6.45) is 8.45. The number of allylic oxidation sites excluding steroid dienone is 1. The Hall–Kier alpha value is -1.98. The lowest BCUT2D eigenvalue weighted by molar-refractivity contribution is -0.0539.